The van der Waals surface area contributed by atoms with Crippen molar-refractivity contribution in [1.82, 2.24) is 0 Å². The third-order valence-electron chi connectivity index (χ3n) is 2.13. The molecule has 0 radical (unpaired) electrons. The Hall–Kier alpha value is -2.25. The van der Waals surface area contributed by atoms with Gasteiger partial charge >= 0.3 is 12.1 Å². The van der Waals surface area contributed by atoms with Crippen LogP contribution in [0, 0.1) is 0 Å². The number of carbonyl (C=O) groups excluding carboxylic acids is 2. The summed E-state index contributed by atoms with van der Waals surface area (Å²) in [4.78, 5) is 21.7. The number of fused-ring (bicyclic) bond motifs is 1. The lowest BCUT2D eigenvalue weighted by Gasteiger charge is -2.18. The zero-order valence-electron chi connectivity index (χ0n) is 8.80. The average molecular weight is 260 g/mol. The zero-order chi connectivity index (χ0) is 13.3. The first kappa shape index (κ1) is 12.2. The molecule has 96 valence electrons. The van der Waals surface area contributed by atoms with E-state index in [4.69, 9.17) is 4.74 Å². The third kappa shape index (κ3) is 2.53. The second-order valence-corrected chi connectivity index (χ2v) is 3.50. The largest absolute Gasteiger partial charge is 0.482 e. The van der Waals surface area contributed by atoms with Crippen molar-refractivity contribution >= 4 is 23.2 Å². The summed E-state index contributed by atoms with van der Waals surface area (Å²) < 4.78 is 41.1. The van der Waals surface area contributed by atoms with Crippen molar-refractivity contribution in [3.63, 3.8) is 0 Å². The number of nitrogens with one attached hydrogen (secondary N) is 2. The van der Waals surface area contributed by atoms with Gasteiger partial charge in [-0.2, -0.15) is 13.2 Å². The SMILES string of the molecule is O=C1COc2ccc(NC(=O)C(F)(F)F)cc2N1. The van der Waals surface area contributed by atoms with Gasteiger partial charge in [-0.3, -0.25) is 9.59 Å². The van der Waals surface area contributed by atoms with Gasteiger partial charge < -0.3 is 15.4 Å². The van der Waals surface area contributed by atoms with Crippen molar-refractivity contribution in [1.29, 1.82) is 0 Å². The molecule has 5 nitrogen and oxygen atoms in total. The lowest BCUT2D eigenvalue weighted by molar-refractivity contribution is -0.167. The van der Waals surface area contributed by atoms with Gasteiger partial charge in [-0.25, -0.2) is 0 Å². The first-order chi connectivity index (χ1) is 8.36. The Morgan fingerprint density at radius 3 is 2.78 bits per heavy atom. The standard InChI is InChI=1S/C10H7F3N2O3/c11-10(12,13)9(17)14-5-1-2-7-6(3-5)15-8(16)4-18-7/h1-3H,4H2,(H,14,17)(H,15,16). The second-order valence-electron chi connectivity index (χ2n) is 3.50. The van der Waals surface area contributed by atoms with E-state index in [1.54, 1.807) is 5.32 Å². The summed E-state index contributed by atoms with van der Waals surface area (Å²) in [5.74, 6) is -2.16. The molecule has 2 rings (SSSR count). The molecule has 0 spiro atoms. The van der Waals surface area contributed by atoms with E-state index in [2.05, 4.69) is 5.32 Å². The highest BCUT2D eigenvalue weighted by Crippen LogP contribution is 2.31. The fourth-order valence-electron chi connectivity index (χ4n) is 1.36. The van der Waals surface area contributed by atoms with Crippen molar-refractivity contribution in [2.24, 2.45) is 0 Å². The molecule has 2 amide bonds. The van der Waals surface area contributed by atoms with Gasteiger partial charge in [0.15, 0.2) is 6.61 Å². The smallest absolute Gasteiger partial charge is 0.471 e. The summed E-state index contributed by atoms with van der Waals surface area (Å²) in [7, 11) is 0. The molecule has 0 unspecified atom stereocenters. The van der Waals surface area contributed by atoms with E-state index in [1.807, 2.05) is 0 Å². The van der Waals surface area contributed by atoms with Gasteiger partial charge in [-0.1, -0.05) is 0 Å². The highest BCUT2D eigenvalue weighted by Gasteiger charge is 2.38. The van der Waals surface area contributed by atoms with Crippen LogP contribution >= 0.6 is 0 Å². The van der Waals surface area contributed by atoms with Crippen LogP contribution in [0.25, 0.3) is 0 Å². The molecule has 0 aliphatic carbocycles. The molecule has 18 heavy (non-hydrogen) atoms. The van der Waals surface area contributed by atoms with Crippen LogP contribution in [0.15, 0.2) is 18.2 Å². The van der Waals surface area contributed by atoms with E-state index in [1.165, 1.54) is 18.2 Å². The first-order valence-corrected chi connectivity index (χ1v) is 4.81. The van der Waals surface area contributed by atoms with Crippen LogP contribution in [0.5, 0.6) is 5.75 Å². The average Bonchev–Trinajstić information content (AvgIpc) is 2.27. The predicted molar refractivity (Wildman–Crippen MR) is 55.3 cm³/mol. The highest BCUT2D eigenvalue weighted by molar-refractivity contribution is 5.98. The third-order valence-corrected chi connectivity index (χ3v) is 2.13. The Morgan fingerprint density at radius 2 is 2.11 bits per heavy atom. The molecule has 0 fully saturated rings. The Bertz CT molecular complexity index is 514. The normalized spacial score (nSPS) is 14.3. The molecule has 1 aliphatic rings. The molecule has 0 saturated carbocycles. The van der Waals surface area contributed by atoms with Crippen molar-refractivity contribution in [2.75, 3.05) is 17.2 Å². The molecule has 0 aromatic heterocycles. The van der Waals surface area contributed by atoms with Gasteiger partial charge in [0.2, 0.25) is 0 Å². The van der Waals surface area contributed by atoms with Crippen LogP contribution in [0.4, 0.5) is 24.5 Å². The van der Waals surface area contributed by atoms with Gasteiger partial charge in [-0.15, -0.1) is 0 Å². The van der Waals surface area contributed by atoms with Crippen molar-refractivity contribution in [2.45, 2.75) is 6.18 Å². The maximum atomic E-state index is 12.0. The second kappa shape index (κ2) is 4.21. The van der Waals surface area contributed by atoms with Gasteiger partial charge in [0.25, 0.3) is 5.91 Å². The van der Waals surface area contributed by atoms with Gasteiger partial charge in [0.05, 0.1) is 5.69 Å². The van der Waals surface area contributed by atoms with Crippen LogP contribution in [0.2, 0.25) is 0 Å². The van der Waals surface area contributed by atoms with E-state index in [9.17, 15) is 22.8 Å². The monoisotopic (exact) mass is 260 g/mol. The van der Waals surface area contributed by atoms with E-state index in [0.717, 1.165) is 0 Å². The van der Waals surface area contributed by atoms with E-state index < -0.39 is 18.0 Å². The van der Waals surface area contributed by atoms with Crippen LogP contribution < -0.4 is 15.4 Å². The number of carbonyl (C=O) groups is 2. The Labute approximate surface area is 98.9 Å². The molecule has 8 heteroatoms. The Morgan fingerprint density at radius 1 is 1.39 bits per heavy atom. The molecule has 1 aromatic carbocycles. The minimum Gasteiger partial charge on any atom is -0.482 e. The molecular weight excluding hydrogens is 253 g/mol. The minimum absolute atomic E-state index is 0.0816. The number of hydrogen-bond acceptors (Lipinski definition) is 3. The van der Waals surface area contributed by atoms with Gasteiger partial charge in [0.1, 0.15) is 5.75 Å². The number of anilines is 2. The van der Waals surface area contributed by atoms with Gasteiger partial charge in [0, 0.05) is 5.69 Å². The molecular formula is C10H7F3N2O3. The van der Waals surface area contributed by atoms with Crippen molar-refractivity contribution in [3.05, 3.63) is 18.2 Å². The molecule has 1 aliphatic heterocycles. The molecule has 0 saturated heterocycles. The Kier molecular flexibility index (Phi) is 2.85. The van der Waals surface area contributed by atoms with Crippen LogP contribution in [-0.2, 0) is 9.59 Å². The number of hydrogen-bond donors (Lipinski definition) is 2. The summed E-state index contributed by atoms with van der Waals surface area (Å²) in [6, 6.07) is 3.80. The Balaban J connectivity index is 2.19. The zero-order valence-corrected chi connectivity index (χ0v) is 8.80. The number of halogens is 3. The summed E-state index contributed by atoms with van der Waals surface area (Å²) in [5.41, 5.74) is 0.132. The van der Waals surface area contributed by atoms with Crippen molar-refractivity contribution < 1.29 is 27.5 Å². The summed E-state index contributed by atoms with van der Waals surface area (Å²) in [6.45, 7) is -0.152. The molecule has 1 aromatic rings. The maximum Gasteiger partial charge on any atom is 0.471 e. The topological polar surface area (TPSA) is 67.4 Å². The first-order valence-electron chi connectivity index (χ1n) is 4.81. The number of rotatable bonds is 1. The van der Waals surface area contributed by atoms with E-state index >= 15 is 0 Å². The molecule has 1 heterocycles. The van der Waals surface area contributed by atoms with E-state index in [0.29, 0.717) is 5.75 Å². The number of ether oxygens (including phenoxy) is 1. The van der Waals surface area contributed by atoms with Crippen LogP contribution in [0.3, 0.4) is 0 Å². The maximum absolute atomic E-state index is 12.0. The lowest BCUT2D eigenvalue weighted by atomic mass is 10.2. The number of amides is 2. The number of alkyl halides is 3. The highest BCUT2D eigenvalue weighted by atomic mass is 19.4. The van der Waals surface area contributed by atoms with E-state index in [-0.39, 0.29) is 18.0 Å². The van der Waals surface area contributed by atoms with Crippen LogP contribution in [0.1, 0.15) is 0 Å². The summed E-state index contributed by atoms with van der Waals surface area (Å²) in [5, 5.41) is 4.09. The molecule has 0 atom stereocenters. The predicted octanol–water partition coefficient (Wildman–Crippen LogP) is 1.52. The minimum atomic E-state index is -4.96. The molecule has 2 N–H and O–H groups in total. The fraction of sp³-hybridized carbons (Fsp3) is 0.200. The van der Waals surface area contributed by atoms with Crippen LogP contribution in [-0.4, -0.2) is 24.6 Å². The summed E-state index contributed by atoms with van der Waals surface area (Å²) in [6.07, 6.45) is -4.96. The quantitative estimate of drug-likeness (QED) is 0.804. The number of benzene rings is 1. The van der Waals surface area contributed by atoms with Gasteiger partial charge in [-0.05, 0) is 18.2 Å². The molecule has 0 bridgehead atoms. The van der Waals surface area contributed by atoms with Crippen molar-refractivity contribution in [3.8, 4) is 5.75 Å². The lowest BCUT2D eigenvalue weighted by Crippen LogP contribution is -2.30. The fourth-order valence-corrected chi connectivity index (χ4v) is 1.36. The summed E-state index contributed by atoms with van der Waals surface area (Å²) >= 11 is 0.